The lowest BCUT2D eigenvalue weighted by Gasteiger charge is -2.06. The summed E-state index contributed by atoms with van der Waals surface area (Å²) in [5.41, 5.74) is -0.227. The number of ether oxygens (including phenoxy) is 2. The number of benzene rings is 1. The van der Waals surface area contributed by atoms with E-state index in [-0.39, 0.29) is 22.9 Å². The van der Waals surface area contributed by atoms with Crippen LogP contribution in [0.3, 0.4) is 0 Å². The summed E-state index contributed by atoms with van der Waals surface area (Å²) in [6.45, 7) is 3.09. The molecule has 0 radical (unpaired) electrons. The molecule has 0 fully saturated rings. The van der Waals surface area contributed by atoms with E-state index in [0.29, 0.717) is 13.2 Å². The maximum Gasteiger partial charge on any atom is 0.338 e. The van der Waals surface area contributed by atoms with Gasteiger partial charge in [-0.1, -0.05) is 24.9 Å². The Hall–Kier alpha value is -1.66. The highest BCUT2D eigenvalue weighted by atomic mass is 35.5. The van der Waals surface area contributed by atoms with E-state index < -0.39 is 10.9 Å². The van der Waals surface area contributed by atoms with Crippen molar-refractivity contribution in [1.29, 1.82) is 0 Å². The number of rotatable bonds is 8. The maximum atomic E-state index is 11.7. The Labute approximate surface area is 121 Å². The maximum absolute atomic E-state index is 11.7. The summed E-state index contributed by atoms with van der Waals surface area (Å²) in [6, 6.07) is 3.78. The standard InChI is InChI=1S/C13H16ClNO5/c1-2-3-6-19-7-8-20-13(16)10-4-5-11(14)12(9-10)15(17)18/h4-5,9H,2-3,6-8H2,1H3. The minimum Gasteiger partial charge on any atom is -0.460 e. The van der Waals surface area contributed by atoms with Gasteiger partial charge in [-0.05, 0) is 18.6 Å². The number of nitro groups is 1. The van der Waals surface area contributed by atoms with Crippen molar-refractivity contribution in [3.05, 3.63) is 38.9 Å². The molecule has 0 N–H and O–H groups in total. The Morgan fingerprint density at radius 3 is 2.75 bits per heavy atom. The van der Waals surface area contributed by atoms with Crippen LogP contribution in [0.15, 0.2) is 18.2 Å². The van der Waals surface area contributed by atoms with Crippen LogP contribution < -0.4 is 0 Å². The molecule has 0 aliphatic carbocycles. The zero-order chi connectivity index (χ0) is 15.0. The molecule has 0 amide bonds. The summed E-state index contributed by atoms with van der Waals surface area (Å²) < 4.78 is 10.2. The van der Waals surface area contributed by atoms with Crippen LogP contribution >= 0.6 is 11.6 Å². The van der Waals surface area contributed by atoms with E-state index in [1.807, 2.05) is 0 Å². The fourth-order valence-electron chi connectivity index (χ4n) is 1.40. The van der Waals surface area contributed by atoms with E-state index in [0.717, 1.165) is 18.9 Å². The molecule has 0 saturated heterocycles. The van der Waals surface area contributed by atoms with E-state index in [4.69, 9.17) is 21.1 Å². The monoisotopic (exact) mass is 301 g/mol. The van der Waals surface area contributed by atoms with Gasteiger partial charge in [0.1, 0.15) is 11.6 Å². The van der Waals surface area contributed by atoms with Crippen LogP contribution in [0.5, 0.6) is 0 Å². The van der Waals surface area contributed by atoms with Crippen molar-refractivity contribution in [3.8, 4) is 0 Å². The van der Waals surface area contributed by atoms with Gasteiger partial charge in [-0.2, -0.15) is 0 Å². The van der Waals surface area contributed by atoms with Gasteiger partial charge in [0.15, 0.2) is 0 Å². The molecule has 0 saturated carbocycles. The van der Waals surface area contributed by atoms with Crippen LogP contribution in [-0.4, -0.2) is 30.7 Å². The molecule has 0 aromatic heterocycles. The van der Waals surface area contributed by atoms with Crippen LogP contribution in [0.25, 0.3) is 0 Å². The summed E-state index contributed by atoms with van der Waals surface area (Å²) in [4.78, 5) is 21.7. The molecule has 0 aliphatic rings. The van der Waals surface area contributed by atoms with E-state index in [1.165, 1.54) is 12.1 Å². The third-order valence-corrected chi connectivity index (χ3v) is 2.80. The third-order valence-electron chi connectivity index (χ3n) is 2.48. The molecular formula is C13H16ClNO5. The van der Waals surface area contributed by atoms with Gasteiger partial charge < -0.3 is 9.47 Å². The van der Waals surface area contributed by atoms with Crippen molar-refractivity contribution in [2.45, 2.75) is 19.8 Å². The topological polar surface area (TPSA) is 78.7 Å². The van der Waals surface area contributed by atoms with Gasteiger partial charge in [-0.3, -0.25) is 10.1 Å². The first-order chi connectivity index (χ1) is 9.56. The van der Waals surface area contributed by atoms with Crippen LogP contribution in [0.4, 0.5) is 5.69 Å². The number of esters is 1. The molecular weight excluding hydrogens is 286 g/mol. The van der Waals surface area contributed by atoms with E-state index in [2.05, 4.69) is 6.92 Å². The van der Waals surface area contributed by atoms with Gasteiger partial charge in [-0.15, -0.1) is 0 Å². The van der Waals surface area contributed by atoms with Gasteiger partial charge in [0.2, 0.25) is 0 Å². The van der Waals surface area contributed by atoms with Gasteiger partial charge in [-0.25, -0.2) is 4.79 Å². The summed E-state index contributed by atoms with van der Waals surface area (Å²) in [5.74, 6) is -0.635. The highest BCUT2D eigenvalue weighted by molar-refractivity contribution is 6.32. The van der Waals surface area contributed by atoms with Crippen molar-refractivity contribution < 1.29 is 19.2 Å². The number of hydrogen-bond donors (Lipinski definition) is 0. The zero-order valence-electron chi connectivity index (χ0n) is 11.1. The van der Waals surface area contributed by atoms with Gasteiger partial charge in [0.25, 0.3) is 5.69 Å². The average Bonchev–Trinajstić information content (AvgIpc) is 2.42. The summed E-state index contributed by atoms with van der Waals surface area (Å²) in [5, 5.41) is 10.7. The lowest BCUT2D eigenvalue weighted by molar-refractivity contribution is -0.384. The van der Waals surface area contributed by atoms with Gasteiger partial charge in [0, 0.05) is 12.7 Å². The highest BCUT2D eigenvalue weighted by Crippen LogP contribution is 2.25. The number of carbonyl (C=O) groups is 1. The Bertz CT molecular complexity index is 478. The molecule has 0 bridgehead atoms. The SMILES string of the molecule is CCCCOCCOC(=O)c1ccc(Cl)c([N+](=O)[O-])c1. The van der Waals surface area contributed by atoms with Gasteiger partial charge >= 0.3 is 5.97 Å². The third kappa shape index (κ3) is 5.14. The minimum absolute atomic E-state index is 0.0190. The molecule has 0 heterocycles. The van der Waals surface area contributed by atoms with E-state index in [1.54, 1.807) is 0 Å². The van der Waals surface area contributed by atoms with E-state index >= 15 is 0 Å². The molecule has 20 heavy (non-hydrogen) atoms. The van der Waals surface area contributed by atoms with Crippen LogP contribution in [0, 0.1) is 10.1 Å². The summed E-state index contributed by atoms with van der Waals surface area (Å²) >= 11 is 5.66. The second-order valence-electron chi connectivity index (χ2n) is 4.03. The summed E-state index contributed by atoms with van der Waals surface area (Å²) in [6.07, 6.45) is 1.99. The summed E-state index contributed by atoms with van der Waals surface area (Å²) in [7, 11) is 0. The first-order valence-electron chi connectivity index (χ1n) is 6.25. The number of nitrogens with zero attached hydrogens (tertiary/aromatic N) is 1. The Kier molecular flexibility index (Phi) is 6.97. The smallest absolute Gasteiger partial charge is 0.338 e. The zero-order valence-corrected chi connectivity index (χ0v) is 11.9. The number of hydrogen-bond acceptors (Lipinski definition) is 5. The Balaban J connectivity index is 2.47. The first-order valence-corrected chi connectivity index (χ1v) is 6.63. The largest absolute Gasteiger partial charge is 0.460 e. The Morgan fingerprint density at radius 2 is 2.10 bits per heavy atom. The molecule has 6 nitrogen and oxygen atoms in total. The average molecular weight is 302 g/mol. The number of carbonyl (C=O) groups excluding carboxylic acids is 1. The normalized spacial score (nSPS) is 10.3. The Morgan fingerprint density at radius 1 is 1.35 bits per heavy atom. The molecule has 0 atom stereocenters. The fourth-order valence-corrected chi connectivity index (χ4v) is 1.59. The van der Waals surface area contributed by atoms with Crippen molar-refractivity contribution in [3.63, 3.8) is 0 Å². The van der Waals surface area contributed by atoms with Gasteiger partial charge in [0.05, 0.1) is 17.1 Å². The van der Waals surface area contributed by atoms with Crippen molar-refractivity contribution in [1.82, 2.24) is 0 Å². The lowest BCUT2D eigenvalue weighted by Crippen LogP contribution is -2.11. The first kappa shape index (κ1) is 16.4. The van der Waals surface area contributed by atoms with Crippen LogP contribution in [0.1, 0.15) is 30.1 Å². The number of halogens is 1. The predicted molar refractivity (Wildman–Crippen MR) is 74.1 cm³/mol. The second kappa shape index (κ2) is 8.50. The quantitative estimate of drug-likeness (QED) is 0.319. The molecule has 0 spiro atoms. The molecule has 0 unspecified atom stereocenters. The molecule has 1 aromatic carbocycles. The molecule has 7 heteroatoms. The molecule has 1 rings (SSSR count). The van der Waals surface area contributed by atoms with Crippen LogP contribution in [-0.2, 0) is 9.47 Å². The van der Waals surface area contributed by atoms with Crippen molar-refractivity contribution >= 4 is 23.3 Å². The van der Waals surface area contributed by atoms with Crippen molar-refractivity contribution in [2.24, 2.45) is 0 Å². The molecule has 1 aromatic rings. The van der Waals surface area contributed by atoms with Crippen LogP contribution in [0.2, 0.25) is 5.02 Å². The predicted octanol–water partition coefficient (Wildman–Crippen LogP) is 3.22. The molecule has 110 valence electrons. The van der Waals surface area contributed by atoms with E-state index in [9.17, 15) is 14.9 Å². The second-order valence-corrected chi connectivity index (χ2v) is 4.43. The molecule has 0 aliphatic heterocycles. The number of nitro benzene ring substituents is 1. The highest BCUT2D eigenvalue weighted by Gasteiger charge is 2.16. The fraction of sp³-hybridized carbons (Fsp3) is 0.462. The lowest BCUT2D eigenvalue weighted by atomic mass is 10.2. The minimum atomic E-state index is -0.646. The number of unbranched alkanes of at least 4 members (excludes halogenated alkanes) is 1. The van der Waals surface area contributed by atoms with Crippen molar-refractivity contribution in [2.75, 3.05) is 19.8 Å².